The first-order chi connectivity index (χ1) is 16.0. The van der Waals surface area contributed by atoms with E-state index in [9.17, 15) is 4.79 Å². The average molecular weight is 440 g/mol. The van der Waals surface area contributed by atoms with Crippen molar-refractivity contribution in [2.75, 3.05) is 21.2 Å². The first kappa shape index (κ1) is 22.0. The molecule has 166 valence electrons. The molecule has 7 heteroatoms. The number of rotatable bonds is 7. The number of Topliss-reactive ketones (excluding diaryl/α,β-unsaturated/α-hetero) is 1. The molecule has 4 rings (SSSR count). The summed E-state index contributed by atoms with van der Waals surface area (Å²) in [6, 6.07) is 23.1. The van der Waals surface area contributed by atoms with Crippen LogP contribution < -0.4 is 4.74 Å². The van der Waals surface area contributed by atoms with Gasteiger partial charge in [-0.25, -0.2) is 0 Å². The molecular weight excluding hydrogens is 414 g/mol. The van der Waals surface area contributed by atoms with Crippen LogP contribution in [-0.2, 0) is 0 Å². The molecule has 0 amide bonds. The summed E-state index contributed by atoms with van der Waals surface area (Å²) >= 11 is 0. The van der Waals surface area contributed by atoms with Crippen molar-refractivity contribution in [1.82, 2.24) is 25.1 Å². The summed E-state index contributed by atoms with van der Waals surface area (Å²) in [6.07, 6.45) is 1.75. The minimum atomic E-state index is -0.165. The zero-order valence-electron chi connectivity index (χ0n) is 19.1. The van der Waals surface area contributed by atoms with Crippen LogP contribution in [0.25, 0.3) is 22.4 Å². The third kappa shape index (κ3) is 4.82. The Morgan fingerprint density at radius 3 is 2.36 bits per heavy atom. The van der Waals surface area contributed by atoms with E-state index in [0.717, 1.165) is 28.1 Å². The van der Waals surface area contributed by atoms with Crippen LogP contribution in [0.5, 0.6) is 5.75 Å². The van der Waals surface area contributed by atoms with E-state index in [-0.39, 0.29) is 5.78 Å². The van der Waals surface area contributed by atoms with Crippen LogP contribution in [0.3, 0.4) is 0 Å². The molecular formula is C26H25N5O2. The molecule has 0 atom stereocenters. The summed E-state index contributed by atoms with van der Waals surface area (Å²) < 4.78 is 6.83. The summed E-state index contributed by atoms with van der Waals surface area (Å²) in [7, 11) is 5.36. The molecule has 33 heavy (non-hydrogen) atoms. The fourth-order valence-electron chi connectivity index (χ4n) is 3.47. The van der Waals surface area contributed by atoms with Gasteiger partial charge in [0.2, 0.25) is 0 Å². The summed E-state index contributed by atoms with van der Waals surface area (Å²) in [5, 5.41) is 12.2. The molecule has 3 aromatic carbocycles. The lowest BCUT2D eigenvalue weighted by Crippen LogP contribution is -2.13. The molecule has 0 saturated carbocycles. The Kier molecular flexibility index (Phi) is 6.31. The number of carbonyl (C=O) groups is 1. The first-order valence-electron chi connectivity index (χ1n) is 10.5. The van der Waals surface area contributed by atoms with Crippen LogP contribution in [0.4, 0.5) is 0 Å². The van der Waals surface area contributed by atoms with Crippen molar-refractivity contribution in [1.29, 1.82) is 0 Å². The molecule has 0 aliphatic carbocycles. The SMILES string of the molecule is COc1ccc(-c2cccc(C(=O)C(=CN(C)C)c3nnnn3-c3ccc(C)cc3)c2)cc1. The number of hydrogen-bond acceptors (Lipinski definition) is 6. The minimum Gasteiger partial charge on any atom is -0.497 e. The molecule has 0 spiro atoms. The molecule has 0 aliphatic heterocycles. The number of allylic oxidation sites excluding steroid dienone is 1. The molecule has 1 aromatic heterocycles. The number of hydrogen-bond donors (Lipinski definition) is 0. The van der Waals surface area contributed by atoms with Crippen LogP contribution in [0.1, 0.15) is 21.7 Å². The van der Waals surface area contributed by atoms with Crippen LogP contribution in [0.15, 0.2) is 79.0 Å². The number of ketones is 1. The second-order valence-electron chi connectivity index (χ2n) is 7.89. The molecule has 0 unspecified atom stereocenters. The molecule has 7 nitrogen and oxygen atoms in total. The number of benzene rings is 3. The maximum absolute atomic E-state index is 13.7. The monoisotopic (exact) mass is 439 g/mol. The normalized spacial score (nSPS) is 11.3. The van der Waals surface area contributed by atoms with Gasteiger partial charge in [0.05, 0.1) is 18.4 Å². The fraction of sp³-hybridized carbons (Fsp3) is 0.154. The Balaban J connectivity index is 1.74. The van der Waals surface area contributed by atoms with E-state index in [1.807, 2.05) is 92.6 Å². The molecule has 0 radical (unpaired) electrons. The van der Waals surface area contributed by atoms with Crippen molar-refractivity contribution in [3.05, 3.63) is 95.9 Å². The van der Waals surface area contributed by atoms with Crippen molar-refractivity contribution in [3.8, 4) is 22.6 Å². The van der Waals surface area contributed by atoms with Crippen molar-refractivity contribution in [3.63, 3.8) is 0 Å². The van der Waals surface area contributed by atoms with Crippen LogP contribution in [0.2, 0.25) is 0 Å². The van der Waals surface area contributed by atoms with Gasteiger partial charge in [-0.05, 0) is 58.8 Å². The average Bonchev–Trinajstić information content (AvgIpc) is 3.32. The van der Waals surface area contributed by atoms with E-state index in [1.54, 1.807) is 24.1 Å². The third-order valence-corrected chi connectivity index (χ3v) is 5.17. The highest BCUT2D eigenvalue weighted by Gasteiger charge is 2.22. The predicted octanol–water partition coefficient (Wildman–Crippen LogP) is 4.43. The van der Waals surface area contributed by atoms with Gasteiger partial charge in [0.15, 0.2) is 11.6 Å². The van der Waals surface area contributed by atoms with Crippen molar-refractivity contribution < 1.29 is 9.53 Å². The Labute approximate surface area is 192 Å². The van der Waals surface area contributed by atoms with E-state index >= 15 is 0 Å². The highest BCUT2D eigenvalue weighted by atomic mass is 16.5. The van der Waals surface area contributed by atoms with Gasteiger partial charge in [-0.3, -0.25) is 4.79 Å². The summed E-state index contributed by atoms with van der Waals surface area (Å²) in [5.74, 6) is 1.000. The van der Waals surface area contributed by atoms with Gasteiger partial charge in [0.25, 0.3) is 0 Å². The number of aromatic nitrogens is 4. The number of nitrogens with zero attached hydrogens (tertiary/aromatic N) is 5. The number of ether oxygens (including phenoxy) is 1. The van der Waals surface area contributed by atoms with Gasteiger partial charge >= 0.3 is 0 Å². The fourth-order valence-corrected chi connectivity index (χ4v) is 3.47. The summed E-state index contributed by atoms with van der Waals surface area (Å²) in [6.45, 7) is 2.01. The lowest BCUT2D eigenvalue weighted by atomic mass is 9.98. The number of carbonyl (C=O) groups excluding carboxylic acids is 1. The van der Waals surface area contributed by atoms with Crippen LogP contribution in [-0.4, -0.2) is 52.1 Å². The number of aryl methyl sites for hydroxylation is 1. The topological polar surface area (TPSA) is 73.1 Å². The molecule has 0 fully saturated rings. The van der Waals surface area contributed by atoms with Gasteiger partial charge in [0.1, 0.15) is 5.75 Å². The minimum absolute atomic E-state index is 0.165. The maximum Gasteiger partial charge on any atom is 0.198 e. The van der Waals surface area contributed by atoms with Gasteiger partial charge < -0.3 is 9.64 Å². The second-order valence-corrected chi connectivity index (χ2v) is 7.89. The molecule has 0 aliphatic rings. The Morgan fingerprint density at radius 1 is 0.970 bits per heavy atom. The largest absolute Gasteiger partial charge is 0.497 e. The lowest BCUT2D eigenvalue weighted by Gasteiger charge is -2.13. The standard InChI is InChI=1S/C26H25N5O2/c1-18-8-12-22(13-9-18)31-26(27-28-29-31)24(17-30(2)3)25(32)21-7-5-6-20(16-21)19-10-14-23(33-4)15-11-19/h5-17H,1-4H3. The van der Waals surface area contributed by atoms with Crippen LogP contribution in [0, 0.1) is 6.92 Å². The Bertz CT molecular complexity index is 1290. The summed E-state index contributed by atoms with van der Waals surface area (Å²) in [5.41, 5.74) is 4.79. The Hall–Kier alpha value is -4.26. The van der Waals surface area contributed by atoms with Gasteiger partial charge in [-0.15, -0.1) is 5.10 Å². The van der Waals surface area contributed by atoms with E-state index < -0.39 is 0 Å². The molecule has 1 heterocycles. The van der Waals surface area contributed by atoms with E-state index in [0.29, 0.717) is 17.0 Å². The zero-order chi connectivity index (χ0) is 23.4. The lowest BCUT2D eigenvalue weighted by molar-refractivity contribution is 0.105. The molecule has 0 N–H and O–H groups in total. The molecule has 0 bridgehead atoms. The predicted molar refractivity (Wildman–Crippen MR) is 128 cm³/mol. The number of methoxy groups -OCH3 is 1. The van der Waals surface area contributed by atoms with Gasteiger partial charge in [-0.2, -0.15) is 4.68 Å². The Morgan fingerprint density at radius 2 is 1.70 bits per heavy atom. The van der Waals surface area contributed by atoms with Crippen LogP contribution >= 0.6 is 0 Å². The van der Waals surface area contributed by atoms with E-state index in [2.05, 4.69) is 15.5 Å². The van der Waals surface area contributed by atoms with Crippen molar-refractivity contribution in [2.24, 2.45) is 0 Å². The van der Waals surface area contributed by atoms with Gasteiger partial charge in [-0.1, -0.05) is 48.0 Å². The molecule has 4 aromatic rings. The quantitative estimate of drug-likeness (QED) is 0.313. The smallest absolute Gasteiger partial charge is 0.198 e. The third-order valence-electron chi connectivity index (χ3n) is 5.17. The van der Waals surface area contributed by atoms with E-state index in [4.69, 9.17) is 4.74 Å². The van der Waals surface area contributed by atoms with Crippen molar-refractivity contribution >= 4 is 11.4 Å². The highest BCUT2D eigenvalue weighted by Crippen LogP contribution is 2.26. The maximum atomic E-state index is 13.7. The summed E-state index contributed by atoms with van der Waals surface area (Å²) in [4.78, 5) is 15.5. The van der Waals surface area contributed by atoms with Gasteiger partial charge in [0, 0.05) is 25.9 Å². The van der Waals surface area contributed by atoms with Crippen molar-refractivity contribution in [2.45, 2.75) is 6.92 Å². The highest BCUT2D eigenvalue weighted by molar-refractivity contribution is 6.28. The molecule has 0 saturated heterocycles. The first-order valence-corrected chi connectivity index (χ1v) is 10.5. The zero-order valence-corrected chi connectivity index (χ0v) is 19.1. The van der Waals surface area contributed by atoms with E-state index in [1.165, 1.54) is 0 Å². The number of tetrazole rings is 1. The second kappa shape index (κ2) is 9.48.